The van der Waals surface area contributed by atoms with Gasteiger partial charge in [0.1, 0.15) is 12.4 Å². The predicted molar refractivity (Wildman–Crippen MR) is 212 cm³/mol. The molecular weight excluding hydrogens is 569 g/mol. The Morgan fingerprint density at radius 1 is 0.362 bits per heavy atom. The molecule has 0 amide bonds. The minimum Gasteiger partial charge on any atom is -0.234 e. The monoisotopic (exact) mass is 658 g/mol. The van der Waals surface area contributed by atoms with Crippen molar-refractivity contribution >= 4 is 0 Å². The minimum atomic E-state index is 1.23. The van der Waals surface area contributed by atoms with Crippen molar-refractivity contribution in [3.63, 3.8) is 0 Å². The van der Waals surface area contributed by atoms with E-state index in [1.165, 1.54) is 251 Å². The van der Waals surface area contributed by atoms with Crippen molar-refractivity contribution in [2.24, 2.45) is 0 Å². The molecule has 47 heavy (non-hydrogen) atoms. The first-order valence-corrected chi connectivity index (χ1v) is 22.4. The number of rotatable bonds is 39. The Morgan fingerprint density at radius 2 is 0.660 bits per heavy atom. The molecule has 278 valence electrons. The molecule has 0 saturated carbocycles. The molecule has 2 heteroatoms. The average Bonchev–Trinajstić information content (AvgIpc) is 3.47. The Labute approximate surface area is 298 Å². The van der Waals surface area contributed by atoms with Crippen LogP contribution in [0.1, 0.15) is 258 Å². The maximum absolute atomic E-state index is 2.63. The lowest BCUT2D eigenvalue weighted by Crippen LogP contribution is -2.37. The summed E-state index contributed by atoms with van der Waals surface area (Å²) in [7, 11) is 0. The van der Waals surface area contributed by atoms with E-state index in [0.717, 1.165) is 0 Å². The van der Waals surface area contributed by atoms with Gasteiger partial charge in [-0.25, -0.2) is 9.13 Å². The van der Waals surface area contributed by atoms with E-state index in [4.69, 9.17) is 0 Å². The van der Waals surface area contributed by atoms with Crippen LogP contribution in [0.15, 0.2) is 12.4 Å². The molecule has 0 fully saturated rings. The minimum absolute atomic E-state index is 1.23. The zero-order valence-electron chi connectivity index (χ0n) is 33.1. The maximum Gasteiger partial charge on any atom is 0.256 e. The van der Waals surface area contributed by atoms with Crippen molar-refractivity contribution in [2.75, 3.05) is 0 Å². The lowest BCUT2D eigenvalue weighted by molar-refractivity contribution is -0.704. The standard InChI is InChI=1S/C45H89N2/c1-4-7-10-13-15-17-19-21-23-25-27-29-31-33-36-39-42-47-44-43-46(45(47)40-37-34-12-9-6-3)41-38-35-32-30-28-26-24-22-20-18-16-14-11-8-5-2/h43-44H,4-42H2,1-3H3/q+1. The lowest BCUT2D eigenvalue weighted by Gasteiger charge is -2.07. The summed E-state index contributed by atoms with van der Waals surface area (Å²) in [6, 6.07) is 0. The quantitative estimate of drug-likeness (QED) is 0.0492. The fourth-order valence-corrected chi connectivity index (χ4v) is 7.56. The molecule has 0 aromatic carbocycles. The van der Waals surface area contributed by atoms with Crippen LogP contribution in [-0.4, -0.2) is 4.57 Å². The smallest absolute Gasteiger partial charge is 0.234 e. The molecule has 0 bridgehead atoms. The van der Waals surface area contributed by atoms with E-state index < -0.39 is 0 Å². The molecule has 0 aliphatic rings. The van der Waals surface area contributed by atoms with Crippen LogP contribution in [0.4, 0.5) is 0 Å². The van der Waals surface area contributed by atoms with Crippen molar-refractivity contribution in [3.05, 3.63) is 18.2 Å². The van der Waals surface area contributed by atoms with Crippen LogP contribution < -0.4 is 4.57 Å². The summed E-state index contributed by atoms with van der Waals surface area (Å²) < 4.78 is 5.27. The number of imidazole rings is 1. The van der Waals surface area contributed by atoms with E-state index in [0.29, 0.717) is 0 Å². The van der Waals surface area contributed by atoms with Crippen LogP contribution >= 0.6 is 0 Å². The van der Waals surface area contributed by atoms with Gasteiger partial charge in [0.25, 0.3) is 5.82 Å². The molecule has 0 radical (unpaired) electrons. The Kier molecular flexibility index (Phi) is 34.3. The Morgan fingerprint density at radius 3 is 1.02 bits per heavy atom. The van der Waals surface area contributed by atoms with Crippen molar-refractivity contribution in [3.8, 4) is 0 Å². The van der Waals surface area contributed by atoms with Gasteiger partial charge in [-0.05, 0) is 32.1 Å². The third kappa shape index (κ3) is 28.7. The third-order valence-electron chi connectivity index (χ3n) is 10.8. The number of hydrogen-bond acceptors (Lipinski definition) is 0. The van der Waals surface area contributed by atoms with Crippen molar-refractivity contribution in [1.29, 1.82) is 0 Å². The van der Waals surface area contributed by atoms with Gasteiger partial charge in [0, 0.05) is 6.42 Å². The number of hydrogen-bond donors (Lipinski definition) is 0. The number of aryl methyl sites for hydroxylation is 2. The summed E-state index contributed by atoms with van der Waals surface area (Å²) in [5, 5.41) is 0. The summed E-state index contributed by atoms with van der Waals surface area (Å²) in [6.45, 7) is 9.41. The highest BCUT2D eigenvalue weighted by Gasteiger charge is 2.16. The molecule has 0 aliphatic heterocycles. The number of nitrogens with zero attached hydrogens (tertiary/aromatic N) is 2. The van der Waals surface area contributed by atoms with Crippen molar-refractivity contribution in [1.82, 2.24) is 4.57 Å². The van der Waals surface area contributed by atoms with Gasteiger partial charge in [-0.1, -0.05) is 220 Å². The van der Waals surface area contributed by atoms with E-state index in [-0.39, 0.29) is 0 Å². The maximum atomic E-state index is 2.63. The van der Waals surface area contributed by atoms with E-state index in [2.05, 4.69) is 42.3 Å². The van der Waals surface area contributed by atoms with Gasteiger partial charge in [-0.15, -0.1) is 0 Å². The summed E-state index contributed by atoms with van der Waals surface area (Å²) in [4.78, 5) is 0. The van der Waals surface area contributed by atoms with Crippen molar-refractivity contribution < 1.29 is 4.57 Å². The van der Waals surface area contributed by atoms with E-state index >= 15 is 0 Å². The fraction of sp³-hybridized carbons (Fsp3) is 0.933. The van der Waals surface area contributed by atoms with Crippen LogP contribution in [0.3, 0.4) is 0 Å². The summed E-state index contributed by atoms with van der Waals surface area (Å²) in [5.41, 5.74) is 0. The molecule has 0 aliphatic carbocycles. The molecule has 0 N–H and O–H groups in total. The topological polar surface area (TPSA) is 8.81 Å². The van der Waals surface area contributed by atoms with Gasteiger partial charge in [0.2, 0.25) is 0 Å². The molecule has 2 nitrogen and oxygen atoms in total. The molecule has 0 saturated heterocycles. The average molecular weight is 658 g/mol. The second-order valence-electron chi connectivity index (χ2n) is 15.5. The third-order valence-corrected chi connectivity index (χ3v) is 10.8. The molecular formula is C45H89N2+. The zero-order chi connectivity index (χ0) is 33.7. The first-order valence-electron chi connectivity index (χ1n) is 22.4. The van der Waals surface area contributed by atoms with Gasteiger partial charge in [0.15, 0.2) is 0 Å². The van der Waals surface area contributed by atoms with Gasteiger partial charge < -0.3 is 0 Å². The number of aromatic nitrogens is 2. The summed E-state index contributed by atoms with van der Waals surface area (Å²) in [5.74, 6) is 1.62. The van der Waals surface area contributed by atoms with Gasteiger partial charge in [0.05, 0.1) is 13.1 Å². The second-order valence-corrected chi connectivity index (χ2v) is 15.5. The van der Waals surface area contributed by atoms with Crippen LogP contribution in [0.5, 0.6) is 0 Å². The fourth-order valence-electron chi connectivity index (χ4n) is 7.56. The van der Waals surface area contributed by atoms with Crippen LogP contribution in [0, 0.1) is 0 Å². The number of unbranched alkanes of at least 4 members (excludes halogenated alkanes) is 33. The van der Waals surface area contributed by atoms with Gasteiger partial charge in [-0.2, -0.15) is 0 Å². The predicted octanol–water partition coefficient (Wildman–Crippen LogP) is 15.4. The summed E-state index contributed by atoms with van der Waals surface area (Å²) in [6.07, 6.45) is 57.9. The largest absolute Gasteiger partial charge is 0.256 e. The molecule has 0 unspecified atom stereocenters. The second kappa shape index (κ2) is 36.5. The molecule has 1 aromatic heterocycles. The lowest BCUT2D eigenvalue weighted by atomic mass is 10.0. The molecule has 1 heterocycles. The van der Waals surface area contributed by atoms with Gasteiger partial charge in [-0.3, -0.25) is 0 Å². The Hall–Kier alpha value is -0.790. The summed E-state index contributed by atoms with van der Waals surface area (Å²) >= 11 is 0. The van der Waals surface area contributed by atoms with E-state index in [1.807, 2.05) is 0 Å². The zero-order valence-corrected chi connectivity index (χ0v) is 33.1. The molecule has 0 spiro atoms. The Balaban J connectivity index is 2.14. The SMILES string of the molecule is CCCCCCCCCCCCCCCCCC[n+]1ccn(CCCCCCCCCCCCCCCCC)c1CCCCCCC. The normalized spacial score (nSPS) is 11.6. The highest BCUT2D eigenvalue weighted by Crippen LogP contribution is 2.16. The van der Waals surface area contributed by atoms with Crippen LogP contribution in [-0.2, 0) is 19.5 Å². The highest BCUT2D eigenvalue weighted by molar-refractivity contribution is 4.84. The molecule has 1 rings (SSSR count). The molecule has 1 aromatic rings. The van der Waals surface area contributed by atoms with Gasteiger partial charge >= 0.3 is 0 Å². The highest BCUT2D eigenvalue weighted by atomic mass is 15.1. The first-order chi connectivity index (χ1) is 23.3. The Bertz CT molecular complexity index is 722. The molecule has 0 atom stereocenters. The van der Waals surface area contributed by atoms with E-state index in [9.17, 15) is 0 Å². The first kappa shape index (κ1) is 44.2. The van der Waals surface area contributed by atoms with Crippen LogP contribution in [0.25, 0.3) is 0 Å². The van der Waals surface area contributed by atoms with Crippen LogP contribution in [0.2, 0.25) is 0 Å². The van der Waals surface area contributed by atoms with E-state index in [1.54, 1.807) is 5.82 Å². The van der Waals surface area contributed by atoms with Crippen molar-refractivity contribution in [2.45, 2.75) is 271 Å².